The van der Waals surface area contributed by atoms with Crippen LogP contribution in [-0.4, -0.2) is 49.0 Å². The largest absolute Gasteiger partial charge is 2.00 e. The molecule has 0 atom stereocenters. The molecule has 0 saturated heterocycles. The monoisotopic (exact) mass is 538 g/mol. The molecule has 0 radical (unpaired) electrons. The molecule has 0 fully saturated rings. The van der Waals surface area contributed by atoms with Gasteiger partial charge in [0, 0.05) is 0 Å². The predicted octanol–water partition coefficient (Wildman–Crippen LogP) is 5.41. The van der Waals surface area contributed by atoms with Crippen LogP contribution < -0.4 is 0 Å². The smallest absolute Gasteiger partial charge is 0.744 e. The van der Waals surface area contributed by atoms with Crippen LogP contribution in [0.25, 0.3) is 43.1 Å². The maximum atomic E-state index is 11.2. The maximum absolute atomic E-state index is 11.2. The van der Waals surface area contributed by atoms with E-state index in [1.165, 1.54) is 12.1 Å². The Labute approximate surface area is 230 Å². The van der Waals surface area contributed by atoms with E-state index in [4.69, 9.17) is 0 Å². The van der Waals surface area contributed by atoms with Crippen molar-refractivity contribution in [3.8, 4) is 0 Å². The third-order valence-electron chi connectivity index (χ3n) is 5.95. The number of benzene rings is 6. The van der Waals surface area contributed by atoms with Crippen LogP contribution in [0.2, 0.25) is 0 Å². The predicted molar refractivity (Wildman–Crippen MR) is 145 cm³/mol. The van der Waals surface area contributed by atoms with Crippen molar-refractivity contribution in [2.75, 3.05) is 0 Å². The minimum absolute atomic E-state index is 0. The van der Waals surface area contributed by atoms with Crippen molar-refractivity contribution in [2.24, 2.45) is 0 Å². The van der Waals surface area contributed by atoms with Crippen molar-refractivity contribution < 1.29 is 25.9 Å². The van der Waals surface area contributed by atoms with Gasteiger partial charge in [-0.25, -0.2) is 16.8 Å². The summed E-state index contributed by atoms with van der Waals surface area (Å²) in [5, 5.41) is 6.34. The second-order valence-corrected chi connectivity index (χ2v) is 11.0. The normalized spacial score (nSPS) is 11.7. The van der Waals surface area contributed by atoms with Crippen LogP contribution in [0, 0.1) is 0 Å². The molecule has 0 aliphatic rings. The fraction of sp³-hybridized carbons (Fsp3) is 0. The third kappa shape index (κ3) is 5.62. The average Bonchev–Trinajstić information content (AvgIpc) is 2.84. The second-order valence-electron chi connectivity index (χ2n) is 8.26. The number of rotatable bonds is 2. The van der Waals surface area contributed by atoms with E-state index >= 15 is 0 Å². The Morgan fingerprint density at radius 1 is 0.405 bits per heavy atom. The van der Waals surface area contributed by atoms with Crippen LogP contribution in [0.1, 0.15) is 0 Å². The standard InChI is InChI=1S/2C14H10O3S.Mg/c2*15-18(16,17)14-7-3-6-12-8-10-4-1-2-5-11(10)9-13(12)14;/h2*1-9H,(H,15,16,17);/q;;+2/p-2. The summed E-state index contributed by atoms with van der Waals surface area (Å²) in [5.74, 6) is 0. The van der Waals surface area contributed by atoms with Crippen LogP contribution in [0.5, 0.6) is 0 Å². The molecule has 0 aliphatic heterocycles. The molecule has 9 heteroatoms. The van der Waals surface area contributed by atoms with Crippen molar-refractivity contribution in [3.63, 3.8) is 0 Å². The van der Waals surface area contributed by atoms with E-state index in [0.717, 1.165) is 32.3 Å². The summed E-state index contributed by atoms with van der Waals surface area (Å²) in [4.78, 5) is -0.323. The summed E-state index contributed by atoms with van der Waals surface area (Å²) in [6.07, 6.45) is 0. The van der Waals surface area contributed by atoms with Gasteiger partial charge in [-0.05, 0) is 79.5 Å². The van der Waals surface area contributed by atoms with E-state index in [9.17, 15) is 25.9 Å². The summed E-state index contributed by atoms with van der Waals surface area (Å²) in [7, 11) is -8.90. The molecule has 6 aromatic carbocycles. The van der Waals surface area contributed by atoms with Gasteiger partial charge in [0.05, 0.1) is 9.79 Å². The Morgan fingerprint density at radius 2 is 0.703 bits per heavy atom. The zero-order valence-corrected chi connectivity index (χ0v) is 22.4. The van der Waals surface area contributed by atoms with Gasteiger partial charge in [-0.2, -0.15) is 0 Å². The molecule has 0 aliphatic carbocycles. The van der Waals surface area contributed by atoms with Crippen LogP contribution in [0.3, 0.4) is 0 Å². The van der Waals surface area contributed by atoms with Crippen molar-refractivity contribution in [2.45, 2.75) is 9.79 Å². The Morgan fingerprint density at radius 3 is 1.03 bits per heavy atom. The fourth-order valence-corrected chi connectivity index (χ4v) is 5.69. The van der Waals surface area contributed by atoms with Gasteiger partial charge in [0.25, 0.3) is 0 Å². The first kappa shape index (κ1) is 27.0. The molecule has 0 spiro atoms. The molecule has 37 heavy (non-hydrogen) atoms. The van der Waals surface area contributed by atoms with Gasteiger partial charge in [0.15, 0.2) is 0 Å². The topological polar surface area (TPSA) is 114 Å². The Hall–Kier alpha value is -3.05. The molecular weight excluding hydrogens is 521 g/mol. The van der Waals surface area contributed by atoms with Gasteiger partial charge in [-0.15, -0.1) is 0 Å². The average molecular weight is 539 g/mol. The van der Waals surface area contributed by atoms with Gasteiger partial charge in [-0.3, -0.25) is 0 Å². The third-order valence-corrected chi connectivity index (χ3v) is 7.74. The van der Waals surface area contributed by atoms with E-state index in [1.54, 1.807) is 36.4 Å². The fourth-order valence-electron chi connectivity index (χ4n) is 4.31. The summed E-state index contributed by atoms with van der Waals surface area (Å²) >= 11 is 0. The zero-order chi connectivity index (χ0) is 25.5. The van der Waals surface area contributed by atoms with Crippen molar-refractivity contribution in [1.82, 2.24) is 0 Å². The number of hydrogen-bond donors (Lipinski definition) is 0. The molecule has 180 valence electrons. The van der Waals surface area contributed by atoms with Gasteiger partial charge in [0.2, 0.25) is 0 Å². The SMILES string of the molecule is O=S(=O)([O-])c1cccc2cc3ccccc3cc12.O=S(=O)([O-])c1cccc2cc3ccccc3cc12.[Mg+2]. The van der Waals surface area contributed by atoms with Crippen molar-refractivity contribution >= 4 is 86.4 Å². The van der Waals surface area contributed by atoms with Gasteiger partial charge in [-0.1, -0.05) is 72.8 Å². The molecule has 0 bridgehead atoms. The van der Waals surface area contributed by atoms with E-state index < -0.39 is 20.2 Å². The number of fused-ring (bicyclic) bond motifs is 4. The van der Waals surface area contributed by atoms with Gasteiger partial charge < -0.3 is 9.11 Å². The first-order chi connectivity index (χ1) is 17.1. The first-order valence-electron chi connectivity index (χ1n) is 10.9. The van der Waals surface area contributed by atoms with Crippen molar-refractivity contribution in [1.29, 1.82) is 0 Å². The summed E-state index contributed by atoms with van der Waals surface area (Å²) in [6, 6.07) is 32.0. The summed E-state index contributed by atoms with van der Waals surface area (Å²) < 4.78 is 67.4. The molecule has 6 aromatic rings. The minimum atomic E-state index is -4.45. The molecule has 0 heterocycles. The molecule has 0 aromatic heterocycles. The van der Waals surface area contributed by atoms with Crippen LogP contribution in [-0.2, 0) is 20.2 Å². The Kier molecular flexibility index (Phi) is 7.56. The molecule has 6 rings (SSSR count). The van der Waals surface area contributed by atoms with Crippen LogP contribution >= 0.6 is 0 Å². The molecule has 0 N–H and O–H groups in total. The Bertz CT molecular complexity index is 1860. The van der Waals surface area contributed by atoms with Gasteiger partial charge in [0.1, 0.15) is 20.2 Å². The van der Waals surface area contributed by atoms with Gasteiger partial charge >= 0.3 is 23.1 Å². The molecule has 0 unspecified atom stereocenters. The zero-order valence-electron chi connectivity index (χ0n) is 19.4. The summed E-state index contributed by atoms with van der Waals surface area (Å²) in [6.45, 7) is 0. The molecular formula is C28H18MgO6S2. The molecule has 6 nitrogen and oxygen atoms in total. The van der Waals surface area contributed by atoms with E-state index in [0.29, 0.717) is 10.8 Å². The van der Waals surface area contributed by atoms with E-state index in [2.05, 4.69) is 0 Å². The second kappa shape index (κ2) is 10.4. The molecule has 0 saturated carbocycles. The Balaban J connectivity index is 0.000000168. The van der Waals surface area contributed by atoms with E-state index in [-0.39, 0.29) is 32.8 Å². The maximum Gasteiger partial charge on any atom is 2.00 e. The van der Waals surface area contributed by atoms with Crippen molar-refractivity contribution in [3.05, 3.63) is 109 Å². The molecule has 0 amide bonds. The summed E-state index contributed by atoms with van der Waals surface area (Å²) in [5.41, 5.74) is 0. The first-order valence-corrected chi connectivity index (χ1v) is 13.7. The number of hydrogen-bond acceptors (Lipinski definition) is 6. The minimum Gasteiger partial charge on any atom is -0.744 e. The van der Waals surface area contributed by atoms with Crippen LogP contribution in [0.4, 0.5) is 0 Å². The van der Waals surface area contributed by atoms with Crippen LogP contribution in [0.15, 0.2) is 119 Å². The van der Waals surface area contributed by atoms with E-state index in [1.807, 2.05) is 60.7 Å². The quantitative estimate of drug-likeness (QED) is 0.165.